The lowest BCUT2D eigenvalue weighted by Crippen LogP contribution is -2.42. The second-order valence-corrected chi connectivity index (χ2v) is 6.99. The largest absolute Gasteiger partial charge is 0.508 e. The van der Waals surface area contributed by atoms with Gasteiger partial charge in [0.1, 0.15) is 5.75 Å². The molecule has 0 aliphatic heterocycles. The van der Waals surface area contributed by atoms with Gasteiger partial charge in [-0.2, -0.15) is 0 Å². The molecule has 2 unspecified atom stereocenters. The van der Waals surface area contributed by atoms with E-state index in [1.54, 1.807) is 0 Å². The third-order valence-corrected chi connectivity index (χ3v) is 5.11. The highest BCUT2D eigenvalue weighted by Crippen LogP contribution is 2.54. The van der Waals surface area contributed by atoms with Crippen LogP contribution in [0.5, 0.6) is 5.75 Å². The summed E-state index contributed by atoms with van der Waals surface area (Å²) in [5, 5.41) is 9.48. The van der Waals surface area contributed by atoms with Crippen LogP contribution in [0.15, 0.2) is 24.3 Å². The van der Waals surface area contributed by atoms with E-state index in [0.29, 0.717) is 11.2 Å². The van der Waals surface area contributed by atoms with Crippen molar-refractivity contribution in [3.63, 3.8) is 0 Å². The summed E-state index contributed by atoms with van der Waals surface area (Å²) in [6.07, 6.45) is 6.87. The van der Waals surface area contributed by atoms with E-state index in [9.17, 15) is 5.11 Å². The average molecular weight is 244 g/mol. The summed E-state index contributed by atoms with van der Waals surface area (Å²) in [6.45, 7) is 4.83. The zero-order valence-corrected chi connectivity index (χ0v) is 11.5. The lowest BCUT2D eigenvalue weighted by Gasteiger charge is -2.50. The molecule has 0 radical (unpaired) electrons. The van der Waals surface area contributed by atoms with Crippen LogP contribution >= 0.6 is 0 Å². The van der Waals surface area contributed by atoms with Crippen LogP contribution in [-0.2, 0) is 5.41 Å². The van der Waals surface area contributed by atoms with Gasteiger partial charge in [-0.1, -0.05) is 26.0 Å². The predicted octanol–water partition coefficient (Wildman–Crippen LogP) is 4.50. The van der Waals surface area contributed by atoms with E-state index >= 15 is 0 Å². The topological polar surface area (TPSA) is 20.2 Å². The van der Waals surface area contributed by atoms with Crippen LogP contribution in [0.1, 0.15) is 51.5 Å². The molecule has 2 saturated carbocycles. The molecular formula is C17H24O. The molecular weight excluding hydrogens is 220 g/mol. The lowest BCUT2D eigenvalue weighted by atomic mass is 9.54. The van der Waals surface area contributed by atoms with Crippen molar-refractivity contribution in [2.75, 3.05) is 0 Å². The standard InChI is InChI=1S/C17H24O/c1-12-7-14-8-13(2)10-17(9-12,11-14)15-3-5-16(18)6-4-15/h3-6,12-14,18H,7-11H2,1-2H3. The monoisotopic (exact) mass is 244 g/mol. The Bertz CT molecular complexity index is 400. The van der Waals surface area contributed by atoms with Gasteiger partial charge in [0.2, 0.25) is 0 Å². The molecule has 2 bridgehead atoms. The van der Waals surface area contributed by atoms with Crippen LogP contribution in [0.25, 0.3) is 0 Å². The van der Waals surface area contributed by atoms with E-state index in [1.807, 2.05) is 12.1 Å². The van der Waals surface area contributed by atoms with Crippen LogP contribution < -0.4 is 0 Å². The summed E-state index contributed by atoms with van der Waals surface area (Å²) in [5.74, 6) is 3.01. The van der Waals surface area contributed by atoms with Gasteiger partial charge in [0, 0.05) is 0 Å². The second kappa shape index (κ2) is 4.29. The molecule has 2 fully saturated rings. The molecule has 1 heteroatoms. The summed E-state index contributed by atoms with van der Waals surface area (Å²) >= 11 is 0. The number of hydrogen-bond acceptors (Lipinski definition) is 1. The molecule has 1 aromatic rings. The van der Waals surface area contributed by atoms with E-state index in [1.165, 1.54) is 37.7 Å². The Hall–Kier alpha value is -0.980. The van der Waals surface area contributed by atoms with Gasteiger partial charge in [0.05, 0.1) is 0 Å². The van der Waals surface area contributed by atoms with Crippen molar-refractivity contribution >= 4 is 0 Å². The van der Waals surface area contributed by atoms with Crippen molar-refractivity contribution in [1.82, 2.24) is 0 Å². The van der Waals surface area contributed by atoms with Crippen molar-refractivity contribution in [2.45, 2.75) is 51.4 Å². The number of hydrogen-bond donors (Lipinski definition) is 1. The molecule has 1 aromatic carbocycles. The maximum absolute atomic E-state index is 9.48. The molecule has 2 aliphatic rings. The van der Waals surface area contributed by atoms with Crippen molar-refractivity contribution in [3.05, 3.63) is 29.8 Å². The molecule has 0 heterocycles. The third-order valence-electron chi connectivity index (χ3n) is 5.11. The van der Waals surface area contributed by atoms with Crippen molar-refractivity contribution < 1.29 is 5.11 Å². The smallest absolute Gasteiger partial charge is 0.115 e. The SMILES string of the molecule is CC1CC2CC(C)CC(c3ccc(O)cc3)(C1)C2. The molecule has 98 valence electrons. The number of aromatic hydroxyl groups is 1. The molecule has 1 N–H and O–H groups in total. The van der Waals surface area contributed by atoms with Crippen molar-refractivity contribution in [1.29, 1.82) is 0 Å². The van der Waals surface area contributed by atoms with E-state index in [-0.39, 0.29) is 0 Å². The van der Waals surface area contributed by atoms with Gasteiger partial charge in [-0.25, -0.2) is 0 Å². The summed E-state index contributed by atoms with van der Waals surface area (Å²) < 4.78 is 0. The highest BCUT2D eigenvalue weighted by atomic mass is 16.3. The summed E-state index contributed by atoms with van der Waals surface area (Å²) in [5.41, 5.74) is 1.86. The second-order valence-electron chi connectivity index (χ2n) is 6.99. The number of rotatable bonds is 1. The Morgan fingerprint density at radius 2 is 1.50 bits per heavy atom. The molecule has 0 amide bonds. The first-order valence-corrected chi connectivity index (χ1v) is 7.37. The Kier molecular flexibility index (Phi) is 2.88. The fourth-order valence-corrected chi connectivity index (χ4v) is 4.87. The fraction of sp³-hybridized carbons (Fsp3) is 0.647. The van der Waals surface area contributed by atoms with Crippen molar-refractivity contribution in [3.8, 4) is 5.75 Å². The minimum absolute atomic E-state index is 0.388. The third kappa shape index (κ3) is 2.04. The Morgan fingerprint density at radius 1 is 0.944 bits per heavy atom. The lowest BCUT2D eigenvalue weighted by molar-refractivity contribution is 0.0780. The molecule has 3 rings (SSSR count). The molecule has 0 aromatic heterocycles. The maximum atomic E-state index is 9.48. The van der Waals surface area contributed by atoms with Gasteiger partial charge in [-0.15, -0.1) is 0 Å². The molecule has 2 atom stereocenters. The Labute approximate surface area is 110 Å². The van der Waals surface area contributed by atoms with Gasteiger partial charge in [-0.3, -0.25) is 0 Å². The number of fused-ring (bicyclic) bond motifs is 2. The van der Waals surface area contributed by atoms with Crippen LogP contribution in [0.4, 0.5) is 0 Å². The molecule has 1 nitrogen and oxygen atoms in total. The summed E-state index contributed by atoms with van der Waals surface area (Å²) in [7, 11) is 0. The Morgan fingerprint density at radius 3 is 2.06 bits per heavy atom. The molecule has 2 aliphatic carbocycles. The maximum Gasteiger partial charge on any atom is 0.115 e. The van der Waals surface area contributed by atoms with Gasteiger partial charge >= 0.3 is 0 Å². The number of phenols is 1. The highest BCUT2D eigenvalue weighted by Gasteiger charge is 2.44. The van der Waals surface area contributed by atoms with Gasteiger partial charge in [0.25, 0.3) is 0 Å². The summed E-state index contributed by atoms with van der Waals surface area (Å²) in [6, 6.07) is 8.03. The van der Waals surface area contributed by atoms with Crippen LogP contribution in [-0.4, -0.2) is 5.11 Å². The first kappa shape index (κ1) is 12.1. The Balaban J connectivity index is 1.97. The minimum atomic E-state index is 0.388. The predicted molar refractivity (Wildman–Crippen MR) is 74.7 cm³/mol. The van der Waals surface area contributed by atoms with Crippen LogP contribution in [0.2, 0.25) is 0 Å². The fourth-order valence-electron chi connectivity index (χ4n) is 4.87. The van der Waals surface area contributed by atoms with Crippen LogP contribution in [0, 0.1) is 17.8 Å². The van der Waals surface area contributed by atoms with Gasteiger partial charge in [-0.05, 0) is 73.0 Å². The number of phenolic OH excluding ortho intramolecular Hbond substituents is 1. The zero-order valence-electron chi connectivity index (χ0n) is 11.5. The summed E-state index contributed by atoms with van der Waals surface area (Å²) in [4.78, 5) is 0. The minimum Gasteiger partial charge on any atom is -0.508 e. The molecule has 18 heavy (non-hydrogen) atoms. The van der Waals surface area contributed by atoms with E-state index in [2.05, 4.69) is 26.0 Å². The van der Waals surface area contributed by atoms with E-state index in [4.69, 9.17) is 0 Å². The first-order chi connectivity index (χ1) is 8.57. The molecule has 0 saturated heterocycles. The first-order valence-electron chi connectivity index (χ1n) is 7.37. The quantitative estimate of drug-likeness (QED) is 0.771. The van der Waals surface area contributed by atoms with E-state index in [0.717, 1.165) is 17.8 Å². The van der Waals surface area contributed by atoms with Crippen molar-refractivity contribution in [2.24, 2.45) is 17.8 Å². The normalized spacial score (nSPS) is 39.6. The molecule has 0 spiro atoms. The average Bonchev–Trinajstić information content (AvgIpc) is 2.27. The zero-order chi connectivity index (χ0) is 12.8. The highest BCUT2D eigenvalue weighted by molar-refractivity contribution is 5.33. The van der Waals surface area contributed by atoms with Gasteiger partial charge in [0.15, 0.2) is 0 Å². The van der Waals surface area contributed by atoms with Gasteiger partial charge < -0.3 is 5.11 Å². The van der Waals surface area contributed by atoms with Crippen LogP contribution in [0.3, 0.4) is 0 Å². The number of benzene rings is 1. The van der Waals surface area contributed by atoms with E-state index < -0.39 is 0 Å².